The Kier molecular flexibility index (Phi) is 12.2. The standard InChI is InChI=1S/C35H34Cl2F3N3O4S/c1-3-24(2)41-34(45)32(20-25-11-6-4-7-12-25)42(22-26-13-10-14-28(36)19-26)33(44)23-43(48(46,47)29-15-8-5-9-16-29)31-21-27(35(38,39)40)17-18-30(31)37/h4-19,21,24,32H,3,20,22-23H2,1-2H3,(H,41,45). The lowest BCUT2D eigenvalue weighted by atomic mass is 10.0. The maximum absolute atomic E-state index is 14.5. The van der Waals surface area contributed by atoms with Crippen LogP contribution in [0.4, 0.5) is 18.9 Å². The van der Waals surface area contributed by atoms with Crippen molar-refractivity contribution in [3.63, 3.8) is 0 Å². The number of carbonyl (C=O) groups excluding carboxylic acids is 2. The van der Waals surface area contributed by atoms with Crippen molar-refractivity contribution >= 4 is 50.7 Å². The van der Waals surface area contributed by atoms with Crippen molar-refractivity contribution in [2.75, 3.05) is 10.8 Å². The smallest absolute Gasteiger partial charge is 0.352 e. The molecule has 4 rings (SSSR count). The Hall–Kier alpha value is -4.06. The van der Waals surface area contributed by atoms with Gasteiger partial charge in [0.15, 0.2) is 0 Å². The van der Waals surface area contributed by atoms with E-state index in [9.17, 15) is 31.2 Å². The number of anilines is 1. The summed E-state index contributed by atoms with van der Waals surface area (Å²) in [7, 11) is -4.66. The number of sulfonamides is 1. The van der Waals surface area contributed by atoms with Crippen LogP contribution in [0.25, 0.3) is 0 Å². The third-order valence-electron chi connectivity index (χ3n) is 7.67. The van der Waals surface area contributed by atoms with Gasteiger partial charge in [-0.1, -0.05) is 90.8 Å². The van der Waals surface area contributed by atoms with Crippen molar-refractivity contribution in [3.8, 4) is 0 Å². The van der Waals surface area contributed by atoms with E-state index in [1.807, 2.05) is 13.8 Å². The highest BCUT2D eigenvalue weighted by atomic mass is 35.5. The van der Waals surface area contributed by atoms with E-state index in [4.69, 9.17) is 23.2 Å². The molecule has 4 aromatic rings. The van der Waals surface area contributed by atoms with E-state index in [0.717, 1.165) is 17.7 Å². The average Bonchev–Trinajstić information content (AvgIpc) is 3.05. The number of amides is 2. The van der Waals surface area contributed by atoms with Gasteiger partial charge in [0.1, 0.15) is 12.6 Å². The van der Waals surface area contributed by atoms with Crippen LogP contribution in [0.2, 0.25) is 10.0 Å². The molecule has 48 heavy (non-hydrogen) atoms. The van der Waals surface area contributed by atoms with Crippen LogP contribution >= 0.6 is 23.2 Å². The number of carbonyl (C=O) groups is 2. The van der Waals surface area contributed by atoms with E-state index >= 15 is 0 Å². The number of hydrogen-bond acceptors (Lipinski definition) is 4. The lowest BCUT2D eigenvalue weighted by Gasteiger charge is -2.34. The maximum atomic E-state index is 14.5. The van der Waals surface area contributed by atoms with Gasteiger partial charge in [-0.2, -0.15) is 13.2 Å². The summed E-state index contributed by atoms with van der Waals surface area (Å²) in [6.45, 7) is 2.56. The fourth-order valence-electron chi connectivity index (χ4n) is 4.94. The van der Waals surface area contributed by atoms with Crippen molar-refractivity contribution in [2.45, 2.75) is 56.4 Å². The van der Waals surface area contributed by atoms with Gasteiger partial charge in [0, 0.05) is 24.0 Å². The quantitative estimate of drug-likeness (QED) is 0.153. The van der Waals surface area contributed by atoms with Crippen LogP contribution in [-0.2, 0) is 38.8 Å². The first kappa shape index (κ1) is 36.8. The molecule has 4 aromatic carbocycles. The second-order valence-corrected chi connectivity index (χ2v) is 13.9. The minimum atomic E-state index is -4.83. The van der Waals surface area contributed by atoms with Crippen molar-refractivity contribution in [3.05, 3.63) is 130 Å². The number of benzene rings is 4. The highest BCUT2D eigenvalue weighted by Gasteiger charge is 2.37. The molecule has 0 aromatic heterocycles. The maximum Gasteiger partial charge on any atom is 0.416 e. The molecule has 13 heteroatoms. The summed E-state index contributed by atoms with van der Waals surface area (Å²) < 4.78 is 70.3. The first-order chi connectivity index (χ1) is 22.7. The normalized spacial score (nSPS) is 13.0. The zero-order valence-corrected chi connectivity index (χ0v) is 28.5. The Morgan fingerprint density at radius 2 is 1.48 bits per heavy atom. The SMILES string of the molecule is CCC(C)NC(=O)C(Cc1ccccc1)N(Cc1cccc(Cl)c1)C(=O)CN(c1cc(C(F)(F)F)ccc1Cl)S(=O)(=O)c1ccccc1. The molecule has 254 valence electrons. The summed E-state index contributed by atoms with van der Waals surface area (Å²) in [5, 5.41) is 2.96. The zero-order chi connectivity index (χ0) is 35.1. The van der Waals surface area contributed by atoms with Gasteiger partial charge in [-0.25, -0.2) is 8.42 Å². The molecule has 0 radical (unpaired) electrons. The van der Waals surface area contributed by atoms with E-state index < -0.39 is 51.9 Å². The minimum absolute atomic E-state index is 0.0607. The van der Waals surface area contributed by atoms with E-state index in [1.165, 1.54) is 29.2 Å². The predicted molar refractivity (Wildman–Crippen MR) is 181 cm³/mol. The molecule has 0 aliphatic heterocycles. The molecule has 2 unspecified atom stereocenters. The number of nitrogens with one attached hydrogen (secondary N) is 1. The van der Waals surface area contributed by atoms with E-state index in [2.05, 4.69) is 5.32 Å². The molecule has 1 N–H and O–H groups in total. The minimum Gasteiger partial charge on any atom is -0.352 e. The summed E-state index contributed by atoms with van der Waals surface area (Å²) in [5.74, 6) is -1.35. The van der Waals surface area contributed by atoms with Gasteiger partial charge in [-0.15, -0.1) is 0 Å². The molecule has 0 fully saturated rings. The molecular weight excluding hydrogens is 686 g/mol. The van der Waals surface area contributed by atoms with Gasteiger partial charge in [0.05, 0.1) is 21.2 Å². The van der Waals surface area contributed by atoms with Crippen LogP contribution in [0, 0.1) is 0 Å². The average molecular weight is 721 g/mol. The Morgan fingerprint density at radius 1 is 0.854 bits per heavy atom. The van der Waals surface area contributed by atoms with E-state index in [-0.39, 0.29) is 28.9 Å². The number of alkyl halides is 3. The number of halogens is 5. The molecule has 2 atom stereocenters. The van der Waals surface area contributed by atoms with Crippen LogP contribution in [0.15, 0.2) is 108 Å². The van der Waals surface area contributed by atoms with Gasteiger partial charge >= 0.3 is 6.18 Å². The molecule has 0 bridgehead atoms. The Labute approximate surface area is 288 Å². The monoisotopic (exact) mass is 719 g/mol. The summed E-state index contributed by atoms with van der Waals surface area (Å²) >= 11 is 12.6. The lowest BCUT2D eigenvalue weighted by Crippen LogP contribution is -2.54. The highest BCUT2D eigenvalue weighted by molar-refractivity contribution is 7.92. The summed E-state index contributed by atoms with van der Waals surface area (Å²) in [6, 6.07) is 23.4. The molecule has 0 spiro atoms. The zero-order valence-electron chi connectivity index (χ0n) is 26.1. The topological polar surface area (TPSA) is 86.8 Å². The number of nitrogens with zero attached hydrogens (tertiary/aromatic N) is 2. The van der Waals surface area contributed by atoms with Gasteiger partial charge < -0.3 is 10.2 Å². The molecule has 0 saturated heterocycles. The summed E-state index contributed by atoms with van der Waals surface area (Å²) in [5.41, 5.74) is -0.441. The highest BCUT2D eigenvalue weighted by Crippen LogP contribution is 2.37. The summed E-state index contributed by atoms with van der Waals surface area (Å²) in [4.78, 5) is 29.4. The van der Waals surface area contributed by atoms with Gasteiger partial charge in [-0.05, 0) is 66.9 Å². The summed E-state index contributed by atoms with van der Waals surface area (Å²) in [6.07, 6.45) is -4.17. The molecule has 0 saturated carbocycles. The van der Waals surface area contributed by atoms with Crippen LogP contribution in [0.1, 0.15) is 37.0 Å². The fraction of sp³-hybridized carbons (Fsp3) is 0.257. The third-order valence-corrected chi connectivity index (χ3v) is 9.99. The Balaban J connectivity index is 1.87. The van der Waals surface area contributed by atoms with Crippen molar-refractivity contribution in [2.24, 2.45) is 0 Å². The van der Waals surface area contributed by atoms with Gasteiger partial charge in [0.25, 0.3) is 10.0 Å². The van der Waals surface area contributed by atoms with Gasteiger partial charge in [0.2, 0.25) is 11.8 Å². The largest absolute Gasteiger partial charge is 0.416 e. The Morgan fingerprint density at radius 3 is 2.08 bits per heavy atom. The second kappa shape index (κ2) is 15.9. The van der Waals surface area contributed by atoms with Crippen molar-refractivity contribution in [1.29, 1.82) is 0 Å². The van der Waals surface area contributed by atoms with Crippen molar-refractivity contribution in [1.82, 2.24) is 10.2 Å². The Bertz CT molecular complexity index is 1830. The fourth-order valence-corrected chi connectivity index (χ4v) is 6.87. The van der Waals surface area contributed by atoms with Gasteiger partial charge in [-0.3, -0.25) is 13.9 Å². The number of rotatable bonds is 13. The second-order valence-electron chi connectivity index (χ2n) is 11.2. The van der Waals surface area contributed by atoms with E-state index in [0.29, 0.717) is 27.4 Å². The van der Waals surface area contributed by atoms with Crippen LogP contribution < -0.4 is 9.62 Å². The lowest BCUT2D eigenvalue weighted by molar-refractivity contribution is -0.140. The number of hydrogen-bond donors (Lipinski definition) is 1. The molecule has 2 amide bonds. The third kappa shape index (κ3) is 9.30. The molecule has 0 heterocycles. The van der Waals surface area contributed by atoms with Crippen molar-refractivity contribution < 1.29 is 31.2 Å². The first-order valence-electron chi connectivity index (χ1n) is 15.0. The van der Waals surface area contributed by atoms with Crippen LogP contribution in [0.3, 0.4) is 0 Å². The van der Waals surface area contributed by atoms with Crippen LogP contribution in [-0.4, -0.2) is 43.8 Å². The molecule has 0 aliphatic rings. The molecule has 7 nitrogen and oxygen atoms in total. The molecular formula is C35H34Cl2F3N3O4S. The van der Waals surface area contributed by atoms with E-state index in [1.54, 1.807) is 60.7 Å². The molecule has 0 aliphatic carbocycles. The first-order valence-corrected chi connectivity index (χ1v) is 17.2. The predicted octanol–water partition coefficient (Wildman–Crippen LogP) is 7.76. The van der Waals surface area contributed by atoms with Crippen LogP contribution in [0.5, 0.6) is 0 Å².